The number of aromatic hydroxyl groups is 1. The molecule has 9 heteroatoms. The van der Waals surface area contributed by atoms with Crippen LogP contribution in [0.15, 0.2) is 83.7 Å². The van der Waals surface area contributed by atoms with Crippen LogP contribution in [0.1, 0.15) is 40.1 Å². The number of halogens is 3. The third kappa shape index (κ3) is 3.34. The van der Waals surface area contributed by atoms with E-state index in [1.807, 2.05) is 42.5 Å². The van der Waals surface area contributed by atoms with E-state index in [2.05, 4.69) is 0 Å². The molecule has 1 fully saturated rings. The molecule has 3 heterocycles. The lowest BCUT2D eigenvalue weighted by molar-refractivity contribution is -0.137. The highest BCUT2D eigenvalue weighted by Gasteiger charge is 2.49. The van der Waals surface area contributed by atoms with Gasteiger partial charge >= 0.3 is 11.9 Å². The van der Waals surface area contributed by atoms with E-state index in [-0.39, 0.29) is 29.9 Å². The predicted octanol–water partition coefficient (Wildman–Crippen LogP) is 5.17. The van der Waals surface area contributed by atoms with Gasteiger partial charge in [-0.3, -0.25) is 9.36 Å². The number of aromatic nitrogens is 2. The molecule has 182 valence electrons. The first kappa shape index (κ1) is 22.2. The first-order valence-corrected chi connectivity index (χ1v) is 11.4. The minimum Gasteiger partial charge on any atom is -0.493 e. The minimum absolute atomic E-state index is 0.0806. The number of benzene rings is 3. The summed E-state index contributed by atoms with van der Waals surface area (Å²) in [5.74, 6) is -0.671. The molecule has 2 atom stereocenters. The summed E-state index contributed by atoms with van der Waals surface area (Å²) < 4.78 is 41.9. The van der Waals surface area contributed by atoms with Crippen LogP contribution in [0.3, 0.4) is 0 Å². The summed E-state index contributed by atoms with van der Waals surface area (Å²) in [7, 11) is 0. The smallest absolute Gasteiger partial charge is 0.416 e. The van der Waals surface area contributed by atoms with Crippen molar-refractivity contribution in [3.05, 3.63) is 106 Å². The average molecular weight is 491 g/mol. The van der Waals surface area contributed by atoms with Crippen molar-refractivity contribution in [3.63, 3.8) is 0 Å². The van der Waals surface area contributed by atoms with Crippen LogP contribution in [-0.4, -0.2) is 31.6 Å². The molecular weight excluding hydrogens is 471 g/mol. The molecule has 0 saturated carbocycles. The van der Waals surface area contributed by atoms with Crippen LogP contribution >= 0.6 is 0 Å². The second-order valence-corrected chi connectivity index (χ2v) is 9.05. The van der Waals surface area contributed by atoms with Crippen molar-refractivity contribution in [2.45, 2.75) is 24.7 Å². The topological polar surface area (TPSA) is 67.5 Å². The molecule has 2 aliphatic heterocycles. The molecule has 2 aliphatic rings. The monoisotopic (exact) mass is 491 g/mol. The van der Waals surface area contributed by atoms with Gasteiger partial charge in [0.1, 0.15) is 5.69 Å². The Labute approximate surface area is 203 Å². The van der Waals surface area contributed by atoms with Crippen LogP contribution in [-0.2, 0) is 6.18 Å². The predicted molar refractivity (Wildman–Crippen MR) is 126 cm³/mol. The Kier molecular flexibility index (Phi) is 4.86. The number of hydrogen-bond acceptors (Lipinski definition) is 3. The zero-order valence-corrected chi connectivity index (χ0v) is 18.8. The Balaban J connectivity index is 1.32. The van der Waals surface area contributed by atoms with Crippen molar-refractivity contribution in [1.29, 1.82) is 0 Å². The van der Waals surface area contributed by atoms with E-state index in [9.17, 15) is 27.9 Å². The maximum atomic E-state index is 13.3. The molecule has 1 aromatic heterocycles. The Morgan fingerprint density at radius 1 is 0.917 bits per heavy atom. The SMILES string of the molecule is O=C(c1ccc(-c2ccccc2)cc1)N1CC2CC1c1c(O)n(-c3cccc(C(F)(F)F)c3)c(=O)n12. The van der Waals surface area contributed by atoms with Crippen LogP contribution in [0.5, 0.6) is 5.88 Å². The maximum absolute atomic E-state index is 13.3. The molecule has 1 amide bonds. The Morgan fingerprint density at radius 2 is 1.61 bits per heavy atom. The van der Waals surface area contributed by atoms with Crippen LogP contribution < -0.4 is 5.69 Å². The van der Waals surface area contributed by atoms with Gasteiger partial charge in [-0.05, 0) is 47.9 Å². The van der Waals surface area contributed by atoms with Gasteiger partial charge in [0.15, 0.2) is 0 Å². The molecule has 36 heavy (non-hydrogen) atoms. The van der Waals surface area contributed by atoms with Crippen LogP contribution in [0.2, 0.25) is 0 Å². The zero-order valence-electron chi connectivity index (χ0n) is 18.8. The number of fused-ring (bicyclic) bond motifs is 5. The van der Waals surface area contributed by atoms with Crippen LogP contribution in [0, 0.1) is 0 Å². The molecule has 1 N–H and O–H groups in total. The molecule has 2 unspecified atom stereocenters. The lowest BCUT2D eigenvalue weighted by Crippen LogP contribution is -2.37. The number of alkyl halides is 3. The molecule has 4 aromatic rings. The third-order valence-corrected chi connectivity index (χ3v) is 6.99. The number of nitrogens with zero attached hydrogens (tertiary/aromatic N) is 3. The van der Waals surface area contributed by atoms with Gasteiger partial charge in [0.05, 0.1) is 23.3 Å². The van der Waals surface area contributed by atoms with Gasteiger partial charge in [0, 0.05) is 12.1 Å². The van der Waals surface area contributed by atoms with Crippen molar-refractivity contribution in [2.75, 3.05) is 6.54 Å². The van der Waals surface area contributed by atoms with E-state index in [4.69, 9.17) is 0 Å². The highest BCUT2D eigenvalue weighted by molar-refractivity contribution is 5.95. The van der Waals surface area contributed by atoms with E-state index < -0.39 is 29.4 Å². The summed E-state index contributed by atoms with van der Waals surface area (Å²) in [5, 5.41) is 11.0. The molecule has 2 bridgehead atoms. The van der Waals surface area contributed by atoms with E-state index in [0.717, 1.165) is 27.8 Å². The van der Waals surface area contributed by atoms with Gasteiger partial charge in [0.25, 0.3) is 5.91 Å². The molecule has 0 aliphatic carbocycles. The second kappa shape index (κ2) is 7.87. The molecule has 3 aromatic carbocycles. The number of likely N-dealkylation sites (tertiary alicyclic amines) is 1. The van der Waals surface area contributed by atoms with Gasteiger partial charge < -0.3 is 10.0 Å². The fourth-order valence-electron chi connectivity index (χ4n) is 5.33. The van der Waals surface area contributed by atoms with Gasteiger partial charge in [-0.25, -0.2) is 9.36 Å². The van der Waals surface area contributed by atoms with Crippen LogP contribution in [0.4, 0.5) is 13.2 Å². The Hall–Kier alpha value is -4.27. The van der Waals surface area contributed by atoms with Gasteiger partial charge in [-0.15, -0.1) is 0 Å². The van der Waals surface area contributed by atoms with Crippen molar-refractivity contribution in [1.82, 2.24) is 14.0 Å². The fraction of sp³-hybridized carbons (Fsp3) is 0.185. The Morgan fingerprint density at radius 3 is 2.31 bits per heavy atom. The largest absolute Gasteiger partial charge is 0.493 e. The number of amides is 1. The summed E-state index contributed by atoms with van der Waals surface area (Å²) in [6.45, 7) is 0.281. The Bertz CT molecular complexity index is 1540. The number of carbonyl (C=O) groups excluding carboxylic acids is 1. The van der Waals surface area contributed by atoms with E-state index >= 15 is 0 Å². The lowest BCUT2D eigenvalue weighted by atomic mass is 10.0. The minimum atomic E-state index is -4.59. The van der Waals surface area contributed by atoms with Crippen LogP contribution in [0.25, 0.3) is 16.8 Å². The van der Waals surface area contributed by atoms with Crippen molar-refractivity contribution >= 4 is 5.91 Å². The fourth-order valence-corrected chi connectivity index (χ4v) is 5.33. The quantitative estimate of drug-likeness (QED) is 0.430. The number of rotatable bonds is 3. The normalized spacial score (nSPS) is 18.5. The average Bonchev–Trinajstić information content (AvgIpc) is 3.55. The molecular formula is C27H20F3N3O3. The number of carbonyl (C=O) groups is 1. The highest BCUT2D eigenvalue weighted by Crippen LogP contribution is 2.49. The first-order chi connectivity index (χ1) is 17.2. The third-order valence-electron chi connectivity index (χ3n) is 6.99. The molecule has 0 spiro atoms. The summed E-state index contributed by atoms with van der Waals surface area (Å²) in [4.78, 5) is 28.1. The first-order valence-electron chi connectivity index (χ1n) is 11.4. The standard InChI is InChI=1S/C27H20F3N3O3/c28-27(29,30)19-7-4-8-20(13-19)33-25(35)23-22-14-21(32(23)26(33)36)15-31(22)24(34)18-11-9-17(10-12-18)16-5-2-1-3-6-16/h1-13,21-22,35H,14-15H2. The second-order valence-electron chi connectivity index (χ2n) is 9.05. The van der Waals surface area contributed by atoms with E-state index in [1.165, 1.54) is 16.7 Å². The summed E-state index contributed by atoms with van der Waals surface area (Å²) >= 11 is 0. The maximum Gasteiger partial charge on any atom is 0.416 e. The molecule has 0 radical (unpaired) electrons. The van der Waals surface area contributed by atoms with E-state index in [0.29, 0.717) is 12.0 Å². The van der Waals surface area contributed by atoms with Crippen molar-refractivity contribution < 1.29 is 23.1 Å². The number of imidazole rings is 1. The van der Waals surface area contributed by atoms with Crippen molar-refractivity contribution in [2.24, 2.45) is 0 Å². The summed E-state index contributed by atoms with van der Waals surface area (Å²) in [6, 6.07) is 20.4. The number of hydrogen-bond donors (Lipinski definition) is 1. The molecule has 6 nitrogen and oxygen atoms in total. The summed E-state index contributed by atoms with van der Waals surface area (Å²) in [6.07, 6.45) is -4.12. The van der Waals surface area contributed by atoms with Gasteiger partial charge in [-0.2, -0.15) is 13.2 Å². The molecule has 6 rings (SSSR count). The van der Waals surface area contributed by atoms with Gasteiger partial charge in [0.2, 0.25) is 5.88 Å². The molecule has 1 saturated heterocycles. The van der Waals surface area contributed by atoms with E-state index in [1.54, 1.807) is 17.0 Å². The summed E-state index contributed by atoms with van der Waals surface area (Å²) in [5.41, 5.74) is 1.12. The van der Waals surface area contributed by atoms with Gasteiger partial charge in [-0.1, -0.05) is 48.5 Å². The zero-order chi connectivity index (χ0) is 25.2. The lowest BCUT2D eigenvalue weighted by Gasteiger charge is -2.27. The van der Waals surface area contributed by atoms with Crippen molar-refractivity contribution in [3.8, 4) is 22.7 Å². The highest BCUT2D eigenvalue weighted by atomic mass is 19.4.